The van der Waals surface area contributed by atoms with E-state index >= 15 is 0 Å². The summed E-state index contributed by atoms with van der Waals surface area (Å²) < 4.78 is 31.4. The second-order valence-electron chi connectivity index (χ2n) is 8.76. The lowest BCUT2D eigenvalue weighted by molar-refractivity contribution is 0.102. The molecule has 0 saturated carbocycles. The SMILES string of the molecule is COc1ccc(-c2cc(C(=O)Nc3cccc(SC)c3)c3c(C)nn(C4CCS(=O)(=O)C4)c3n2)cc1. The van der Waals surface area contributed by atoms with Gasteiger partial charge in [0.05, 0.1) is 47.0 Å². The second-order valence-corrected chi connectivity index (χ2v) is 11.9. The van der Waals surface area contributed by atoms with Crippen molar-refractivity contribution in [3.05, 3.63) is 65.9 Å². The number of aryl methyl sites for hydroxylation is 1. The van der Waals surface area contributed by atoms with Crippen molar-refractivity contribution in [1.82, 2.24) is 14.8 Å². The molecule has 0 radical (unpaired) electrons. The standard InChI is InChI=1S/C26H26N4O4S2/c1-16-24-22(26(31)27-18-5-4-6-21(13-18)35-3)14-23(17-7-9-20(34-2)10-8-17)28-25(24)30(29-16)19-11-12-36(32,33)15-19/h4-10,13-14,19H,11-12,15H2,1-3H3,(H,27,31). The van der Waals surface area contributed by atoms with Gasteiger partial charge in [-0.25, -0.2) is 18.1 Å². The molecule has 2 aromatic heterocycles. The van der Waals surface area contributed by atoms with Crippen LogP contribution in [-0.2, 0) is 9.84 Å². The predicted octanol–water partition coefficient (Wildman–Crippen LogP) is 4.75. The molecule has 1 amide bonds. The van der Waals surface area contributed by atoms with Crippen LogP contribution in [0.3, 0.4) is 0 Å². The minimum Gasteiger partial charge on any atom is -0.497 e. The van der Waals surface area contributed by atoms with Crippen LogP contribution in [0, 0.1) is 6.92 Å². The van der Waals surface area contributed by atoms with E-state index in [1.165, 1.54) is 0 Å². The maximum absolute atomic E-state index is 13.6. The van der Waals surface area contributed by atoms with Gasteiger partial charge in [-0.3, -0.25) is 4.79 Å². The van der Waals surface area contributed by atoms with E-state index in [2.05, 4.69) is 10.4 Å². The minimum absolute atomic E-state index is 0.0146. The average Bonchev–Trinajstić information content (AvgIpc) is 3.42. The molecule has 1 aliphatic rings. The lowest BCUT2D eigenvalue weighted by atomic mass is 10.0. The number of benzene rings is 2. The van der Waals surface area contributed by atoms with Gasteiger partial charge in [0.15, 0.2) is 15.5 Å². The van der Waals surface area contributed by atoms with Gasteiger partial charge >= 0.3 is 0 Å². The molecule has 1 atom stereocenters. The van der Waals surface area contributed by atoms with Crippen LogP contribution in [0.5, 0.6) is 5.75 Å². The van der Waals surface area contributed by atoms with Crippen molar-refractivity contribution >= 4 is 44.2 Å². The summed E-state index contributed by atoms with van der Waals surface area (Å²) in [7, 11) is -1.53. The molecule has 10 heteroatoms. The van der Waals surface area contributed by atoms with Crippen molar-refractivity contribution in [2.45, 2.75) is 24.3 Å². The number of thioether (sulfide) groups is 1. The highest BCUT2D eigenvalue weighted by Gasteiger charge is 2.32. The zero-order valence-corrected chi connectivity index (χ0v) is 21.8. The first-order valence-electron chi connectivity index (χ1n) is 11.5. The Hall–Kier alpha value is -3.37. The highest BCUT2D eigenvalue weighted by atomic mass is 32.2. The van der Waals surface area contributed by atoms with Crippen molar-refractivity contribution in [1.29, 1.82) is 0 Å². The van der Waals surface area contributed by atoms with E-state index in [9.17, 15) is 13.2 Å². The first-order valence-corrected chi connectivity index (χ1v) is 14.5. The van der Waals surface area contributed by atoms with Gasteiger partial charge in [-0.05, 0) is 68.1 Å². The molecule has 0 aliphatic carbocycles. The summed E-state index contributed by atoms with van der Waals surface area (Å²) in [6, 6.07) is 16.5. The zero-order valence-electron chi connectivity index (χ0n) is 20.2. The average molecular weight is 523 g/mol. The molecule has 8 nitrogen and oxygen atoms in total. The largest absolute Gasteiger partial charge is 0.497 e. The number of pyridine rings is 1. The summed E-state index contributed by atoms with van der Waals surface area (Å²) in [5.74, 6) is 0.566. The molecule has 1 N–H and O–H groups in total. The van der Waals surface area contributed by atoms with Crippen LogP contribution >= 0.6 is 11.8 Å². The number of hydrogen-bond acceptors (Lipinski definition) is 7. The van der Waals surface area contributed by atoms with Gasteiger partial charge in [0.25, 0.3) is 5.91 Å². The first kappa shape index (κ1) is 24.3. The number of rotatable bonds is 6. The maximum atomic E-state index is 13.6. The molecule has 36 heavy (non-hydrogen) atoms. The van der Waals surface area contributed by atoms with E-state index in [4.69, 9.17) is 9.72 Å². The third-order valence-corrected chi connectivity index (χ3v) is 8.82. The maximum Gasteiger partial charge on any atom is 0.256 e. The molecule has 1 unspecified atom stereocenters. The molecule has 186 valence electrons. The van der Waals surface area contributed by atoms with Gasteiger partial charge in [0.1, 0.15) is 5.75 Å². The Labute approximate surface area is 214 Å². The van der Waals surface area contributed by atoms with E-state index in [1.54, 1.807) is 29.6 Å². The number of carbonyl (C=O) groups is 1. The van der Waals surface area contributed by atoms with E-state index in [-0.39, 0.29) is 23.5 Å². The number of nitrogens with zero attached hydrogens (tertiary/aromatic N) is 3. The number of anilines is 1. The molecule has 1 fully saturated rings. The summed E-state index contributed by atoms with van der Waals surface area (Å²) in [5.41, 5.74) is 3.66. The topological polar surface area (TPSA) is 103 Å². The fourth-order valence-electron chi connectivity index (χ4n) is 4.52. The number of hydrogen-bond donors (Lipinski definition) is 1. The number of sulfone groups is 1. The summed E-state index contributed by atoms with van der Waals surface area (Å²) in [6.45, 7) is 1.82. The van der Waals surface area contributed by atoms with E-state index < -0.39 is 9.84 Å². The van der Waals surface area contributed by atoms with E-state index in [0.29, 0.717) is 45.8 Å². The van der Waals surface area contributed by atoms with Gasteiger partial charge in [-0.1, -0.05) is 6.07 Å². The van der Waals surface area contributed by atoms with Gasteiger partial charge in [-0.2, -0.15) is 5.10 Å². The Morgan fingerprint density at radius 2 is 1.94 bits per heavy atom. The lowest BCUT2D eigenvalue weighted by Gasteiger charge is -2.13. The van der Waals surface area contributed by atoms with Gasteiger partial charge < -0.3 is 10.1 Å². The van der Waals surface area contributed by atoms with Crippen molar-refractivity contribution in [3.63, 3.8) is 0 Å². The Balaban J connectivity index is 1.65. The minimum atomic E-state index is -3.13. The summed E-state index contributed by atoms with van der Waals surface area (Å²) in [6.07, 6.45) is 2.45. The molecule has 1 aliphatic heterocycles. The molecule has 5 rings (SSSR count). The number of fused-ring (bicyclic) bond motifs is 1. The molecule has 3 heterocycles. The third-order valence-electron chi connectivity index (χ3n) is 6.35. The second kappa shape index (κ2) is 9.59. The molecule has 0 spiro atoms. The van der Waals surface area contributed by atoms with Crippen LogP contribution < -0.4 is 10.1 Å². The van der Waals surface area contributed by atoms with Crippen LogP contribution in [0.2, 0.25) is 0 Å². The van der Waals surface area contributed by atoms with Crippen molar-refractivity contribution in [3.8, 4) is 17.0 Å². The van der Waals surface area contributed by atoms with Crippen LogP contribution in [-0.4, -0.2) is 54.0 Å². The van der Waals surface area contributed by atoms with E-state index in [1.807, 2.05) is 61.7 Å². The van der Waals surface area contributed by atoms with Crippen molar-refractivity contribution < 1.29 is 17.9 Å². The fourth-order valence-corrected chi connectivity index (χ4v) is 6.68. The quantitative estimate of drug-likeness (QED) is 0.365. The summed E-state index contributed by atoms with van der Waals surface area (Å²) in [4.78, 5) is 19.5. The summed E-state index contributed by atoms with van der Waals surface area (Å²) in [5, 5.41) is 8.29. The molecule has 0 bridgehead atoms. The Morgan fingerprint density at radius 3 is 2.61 bits per heavy atom. The van der Waals surface area contributed by atoms with Gasteiger partial charge in [-0.15, -0.1) is 11.8 Å². The summed E-state index contributed by atoms with van der Waals surface area (Å²) >= 11 is 1.60. The van der Waals surface area contributed by atoms with Crippen LogP contribution in [0.25, 0.3) is 22.3 Å². The molecule has 4 aromatic rings. The number of methoxy groups -OCH3 is 1. The number of amides is 1. The molecular weight excluding hydrogens is 496 g/mol. The monoisotopic (exact) mass is 522 g/mol. The number of nitrogens with one attached hydrogen (secondary N) is 1. The molecule has 1 saturated heterocycles. The van der Waals surface area contributed by atoms with Crippen LogP contribution in [0.1, 0.15) is 28.5 Å². The fraction of sp³-hybridized carbons (Fsp3) is 0.269. The van der Waals surface area contributed by atoms with Crippen LogP contribution in [0.4, 0.5) is 5.69 Å². The molecule has 2 aromatic carbocycles. The Morgan fingerprint density at radius 1 is 1.17 bits per heavy atom. The number of ether oxygens (including phenoxy) is 1. The Bertz CT molecular complexity index is 1560. The van der Waals surface area contributed by atoms with Gasteiger partial charge in [0, 0.05) is 16.1 Å². The van der Waals surface area contributed by atoms with Gasteiger partial charge in [0.2, 0.25) is 0 Å². The Kier molecular flexibility index (Phi) is 6.48. The smallest absolute Gasteiger partial charge is 0.256 e. The zero-order chi connectivity index (χ0) is 25.4. The lowest BCUT2D eigenvalue weighted by Crippen LogP contribution is -2.15. The van der Waals surface area contributed by atoms with Crippen molar-refractivity contribution in [2.24, 2.45) is 0 Å². The van der Waals surface area contributed by atoms with E-state index in [0.717, 1.165) is 10.5 Å². The number of carbonyl (C=O) groups excluding carboxylic acids is 1. The third kappa shape index (κ3) is 4.70. The number of aromatic nitrogens is 3. The predicted molar refractivity (Wildman–Crippen MR) is 143 cm³/mol. The first-order chi connectivity index (χ1) is 17.3. The van der Waals surface area contributed by atoms with Crippen LogP contribution in [0.15, 0.2) is 59.5 Å². The normalized spacial score (nSPS) is 16.8. The molecular formula is C26H26N4O4S2. The highest BCUT2D eigenvalue weighted by molar-refractivity contribution is 7.98. The van der Waals surface area contributed by atoms with Crippen molar-refractivity contribution in [2.75, 3.05) is 30.2 Å². The highest BCUT2D eigenvalue weighted by Crippen LogP contribution is 2.33.